The van der Waals surface area contributed by atoms with Crippen molar-refractivity contribution >= 4 is 32.3 Å². The van der Waals surface area contributed by atoms with E-state index in [4.69, 9.17) is 0 Å². The molecule has 182 valence electrons. The van der Waals surface area contributed by atoms with Crippen LogP contribution in [0.5, 0.6) is 0 Å². The summed E-state index contributed by atoms with van der Waals surface area (Å²) in [5.74, 6) is -23.4. The van der Waals surface area contributed by atoms with Gasteiger partial charge < -0.3 is 4.74 Å². The van der Waals surface area contributed by atoms with Crippen LogP contribution in [-0.2, 0) is 30.2 Å². The molecule has 0 spiro atoms. The second-order valence-corrected chi connectivity index (χ2v) is 9.30. The number of carbonyl (C=O) groups excluding carboxylic acids is 1. The fraction of sp³-hybridized carbons (Fsp3) is 0.500. The lowest BCUT2D eigenvalue weighted by atomic mass is 10.1. The first kappa shape index (κ1) is 27.7. The standard InChI is InChI=1S/C14H11F8NO7S2/c1-31(27)7-2-3-9(8(4-7)23(25)26)32(28,29)5-10(24)30-6-12(17,18)14(21,22)13(19,20)11(15)16/h2-4,11H,5-6H2,1H3. The molecule has 0 amide bonds. The summed E-state index contributed by atoms with van der Waals surface area (Å²) in [6.45, 7) is -2.90. The molecule has 0 fully saturated rings. The lowest BCUT2D eigenvalue weighted by molar-refractivity contribution is -0.388. The molecule has 18 heteroatoms. The van der Waals surface area contributed by atoms with Crippen LogP contribution in [0.25, 0.3) is 0 Å². The smallest absolute Gasteiger partial charge is 0.381 e. The Morgan fingerprint density at radius 1 is 1.19 bits per heavy atom. The molecular formula is C14H11F8NO7S2. The lowest BCUT2D eigenvalue weighted by Crippen LogP contribution is -2.59. The predicted molar refractivity (Wildman–Crippen MR) is 89.3 cm³/mol. The van der Waals surface area contributed by atoms with Crippen molar-refractivity contribution in [3.05, 3.63) is 28.3 Å². The Morgan fingerprint density at radius 3 is 2.16 bits per heavy atom. The second kappa shape index (κ2) is 9.24. The van der Waals surface area contributed by atoms with Crippen molar-refractivity contribution in [2.45, 2.75) is 34.0 Å². The van der Waals surface area contributed by atoms with Gasteiger partial charge >= 0.3 is 30.2 Å². The number of nitrogens with zero attached hydrogens (tertiary/aromatic N) is 1. The van der Waals surface area contributed by atoms with Gasteiger partial charge in [-0.1, -0.05) is 0 Å². The van der Waals surface area contributed by atoms with Gasteiger partial charge in [0.25, 0.3) is 5.69 Å². The Balaban J connectivity index is 3.09. The van der Waals surface area contributed by atoms with E-state index in [0.29, 0.717) is 12.1 Å². The zero-order valence-electron chi connectivity index (χ0n) is 15.4. The molecule has 0 saturated heterocycles. The molecule has 0 heterocycles. The summed E-state index contributed by atoms with van der Waals surface area (Å²) < 4.78 is 142. The first-order valence-corrected chi connectivity index (χ1v) is 10.9. The molecule has 0 N–H and O–H groups in total. The van der Waals surface area contributed by atoms with Gasteiger partial charge in [0.05, 0.1) is 15.7 Å². The largest absolute Gasteiger partial charge is 0.458 e. The summed E-state index contributed by atoms with van der Waals surface area (Å²) in [6, 6.07) is 2.00. The van der Waals surface area contributed by atoms with Gasteiger partial charge in [-0.25, -0.2) is 17.2 Å². The SMILES string of the molecule is CS(=O)c1ccc(S(=O)(=O)CC(=O)OCC(F)(F)C(F)(F)C(F)(F)C(F)F)c([N+](=O)[O-])c1. The fourth-order valence-electron chi connectivity index (χ4n) is 2.00. The van der Waals surface area contributed by atoms with Crippen molar-refractivity contribution in [1.29, 1.82) is 0 Å². The molecule has 0 radical (unpaired) electrons. The van der Waals surface area contributed by atoms with E-state index in [1.807, 2.05) is 0 Å². The first-order valence-electron chi connectivity index (χ1n) is 7.69. The minimum atomic E-state index is -6.68. The highest BCUT2D eigenvalue weighted by Crippen LogP contribution is 2.48. The highest BCUT2D eigenvalue weighted by atomic mass is 32.2. The number of esters is 1. The molecular weight excluding hydrogens is 510 g/mol. The number of sulfone groups is 1. The summed E-state index contributed by atoms with van der Waals surface area (Å²) >= 11 is 0. The average molecular weight is 521 g/mol. The van der Waals surface area contributed by atoms with Gasteiger partial charge in [0.2, 0.25) is 0 Å². The number of nitro groups is 1. The van der Waals surface area contributed by atoms with Crippen molar-refractivity contribution < 1.29 is 62.2 Å². The van der Waals surface area contributed by atoms with Crippen molar-refractivity contribution in [3.8, 4) is 0 Å². The quantitative estimate of drug-likeness (QED) is 0.201. The summed E-state index contributed by atoms with van der Waals surface area (Å²) in [6.07, 6.45) is -4.11. The first-order chi connectivity index (χ1) is 14.3. The molecule has 1 aromatic carbocycles. The second-order valence-electron chi connectivity index (χ2n) is 5.96. The van der Waals surface area contributed by atoms with E-state index in [2.05, 4.69) is 4.74 Å². The number of hydrogen-bond donors (Lipinski definition) is 0. The number of alkyl halides is 8. The molecule has 0 aliphatic rings. The molecule has 0 bridgehead atoms. The monoisotopic (exact) mass is 521 g/mol. The van der Waals surface area contributed by atoms with Gasteiger partial charge in [0, 0.05) is 17.2 Å². The van der Waals surface area contributed by atoms with Crippen LogP contribution in [0.3, 0.4) is 0 Å². The molecule has 1 unspecified atom stereocenters. The van der Waals surface area contributed by atoms with E-state index in [-0.39, 0.29) is 4.90 Å². The molecule has 0 saturated carbocycles. The number of benzene rings is 1. The van der Waals surface area contributed by atoms with Crippen LogP contribution in [0.2, 0.25) is 0 Å². The molecule has 32 heavy (non-hydrogen) atoms. The zero-order chi connectivity index (χ0) is 25.3. The van der Waals surface area contributed by atoms with E-state index in [9.17, 15) is 62.7 Å². The summed E-state index contributed by atoms with van der Waals surface area (Å²) in [5, 5.41) is 11.1. The van der Waals surface area contributed by atoms with Gasteiger partial charge in [-0.15, -0.1) is 0 Å². The third-order valence-corrected chi connectivity index (χ3v) is 6.22. The summed E-state index contributed by atoms with van der Waals surface area (Å²) in [4.78, 5) is 20.0. The number of ether oxygens (including phenoxy) is 1. The topological polar surface area (TPSA) is 121 Å². The Hall–Kier alpha value is -2.37. The van der Waals surface area contributed by atoms with Gasteiger partial charge in [-0.3, -0.25) is 19.1 Å². The van der Waals surface area contributed by atoms with Crippen LogP contribution in [-0.4, -0.2) is 66.3 Å². The number of halogens is 8. The Kier molecular flexibility index (Phi) is 7.99. The third kappa shape index (κ3) is 5.51. The van der Waals surface area contributed by atoms with Crippen LogP contribution in [0, 0.1) is 10.1 Å². The number of rotatable bonds is 10. The Morgan fingerprint density at radius 2 is 1.72 bits per heavy atom. The van der Waals surface area contributed by atoms with Crippen LogP contribution < -0.4 is 0 Å². The van der Waals surface area contributed by atoms with Gasteiger partial charge in [-0.2, -0.15) is 26.3 Å². The fourth-order valence-corrected chi connectivity index (χ4v) is 3.81. The van der Waals surface area contributed by atoms with Crippen molar-refractivity contribution in [2.24, 2.45) is 0 Å². The number of carbonyl (C=O) groups is 1. The summed E-state index contributed by atoms with van der Waals surface area (Å²) in [7, 11) is -6.83. The lowest BCUT2D eigenvalue weighted by Gasteiger charge is -2.31. The Labute approximate surface area is 176 Å². The molecule has 1 rings (SSSR count). The van der Waals surface area contributed by atoms with E-state index < -0.39 is 78.7 Å². The number of hydrogen-bond acceptors (Lipinski definition) is 7. The van der Waals surface area contributed by atoms with Crippen LogP contribution in [0.1, 0.15) is 0 Å². The number of nitro benzene ring substituents is 1. The van der Waals surface area contributed by atoms with E-state index in [1.165, 1.54) is 0 Å². The molecule has 0 aliphatic carbocycles. The van der Waals surface area contributed by atoms with Gasteiger partial charge in [0.1, 0.15) is 4.90 Å². The van der Waals surface area contributed by atoms with Crippen LogP contribution in [0.4, 0.5) is 40.8 Å². The van der Waals surface area contributed by atoms with E-state index in [1.54, 1.807) is 0 Å². The maximum Gasteiger partial charge on any atom is 0.381 e. The maximum atomic E-state index is 13.4. The van der Waals surface area contributed by atoms with Crippen molar-refractivity contribution in [1.82, 2.24) is 0 Å². The van der Waals surface area contributed by atoms with Crippen molar-refractivity contribution in [3.63, 3.8) is 0 Å². The van der Waals surface area contributed by atoms with Gasteiger partial charge in [-0.05, 0) is 12.1 Å². The molecule has 0 aliphatic heterocycles. The molecule has 1 aromatic rings. The van der Waals surface area contributed by atoms with Gasteiger partial charge in [0.15, 0.2) is 22.2 Å². The highest BCUT2D eigenvalue weighted by Gasteiger charge is 2.75. The maximum absolute atomic E-state index is 13.4. The molecule has 1 atom stereocenters. The van der Waals surface area contributed by atoms with Crippen LogP contribution in [0.15, 0.2) is 28.0 Å². The van der Waals surface area contributed by atoms with Crippen molar-refractivity contribution in [2.75, 3.05) is 18.6 Å². The molecule has 8 nitrogen and oxygen atoms in total. The normalized spacial score (nSPS) is 14.3. The molecule has 0 aromatic heterocycles. The van der Waals surface area contributed by atoms with E-state index in [0.717, 1.165) is 12.3 Å². The zero-order valence-corrected chi connectivity index (χ0v) is 17.0. The third-order valence-electron chi connectivity index (χ3n) is 3.67. The average Bonchev–Trinajstić information content (AvgIpc) is 2.65. The minimum Gasteiger partial charge on any atom is -0.458 e. The highest BCUT2D eigenvalue weighted by molar-refractivity contribution is 7.92. The summed E-state index contributed by atoms with van der Waals surface area (Å²) in [5.41, 5.74) is -1.17. The van der Waals surface area contributed by atoms with E-state index >= 15 is 0 Å². The Bertz CT molecular complexity index is 1030. The van der Waals surface area contributed by atoms with Crippen LogP contribution >= 0.6 is 0 Å². The predicted octanol–water partition coefficient (Wildman–Crippen LogP) is 2.82. The minimum absolute atomic E-state index is 0.194.